The van der Waals surface area contributed by atoms with E-state index in [0.717, 1.165) is 10.2 Å². The van der Waals surface area contributed by atoms with E-state index >= 15 is 0 Å². The molecule has 0 aliphatic rings. The Morgan fingerprint density at radius 3 is 2.41 bits per heavy atom. The number of hydrogen-bond acceptors (Lipinski definition) is 9. The number of nitrogens with zero attached hydrogens (tertiary/aromatic N) is 4. The van der Waals surface area contributed by atoms with Gasteiger partial charge in [-0.25, -0.2) is 9.67 Å². The van der Waals surface area contributed by atoms with Crippen molar-refractivity contribution < 1.29 is 43.7 Å². The van der Waals surface area contributed by atoms with Crippen molar-refractivity contribution in [3.63, 3.8) is 0 Å². The predicted octanol–water partition coefficient (Wildman–Crippen LogP) is 1.76. The van der Waals surface area contributed by atoms with Crippen LogP contribution in [-0.2, 0) is 26.5 Å². The highest BCUT2D eigenvalue weighted by molar-refractivity contribution is 7.70. The van der Waals surface area contributed by atoms with E-state index in [9.17, 15) is 29.3 Å². The zero-order valence-corrected chi connectivity index (χ0v) is 22.1. The second-order valence-electron chi connectivity index (χ2n) is 8.18. The Kier molecular flexibility index (Phi) is 9.76. The molecule has 0 spiro atoms. The number of allylic oxidation sites excluding steroid dienone is 1. The summed E-state index contributed by atoms with van der Waals surface area (Å²) in [5.74, 6) is -1.41. The number of aliphatic hydroxyl groups is 3. The van der Waals surface area contributed by atoms with E-state index in [1.807, 2.05) is 30.3 Å². The van der Waals surface area contributed by atoms with Gasteiger partial charge in [-0.1, -0.05) is 36.4 Å². The molecule has 2 heterocycles. The molecule has 3 aromatic rings. The molecule has 3 rings (SSSR count). The lowest BCUT2D eigenvalue weighted by Gasteiger charge is -2.25. The molecule has 1 unspecified atom stereocenters. The summed E-state index contributed by atoms with van der Waals surface area (Å²) in [7, 11) is -9.55. The standard InChI is InChI=1S/C21H27ClN4O9P2/c1-2-14(11-35-37(33,34)12-36(30,31)32)17(27)18(28)20(29)26-19-15(10-23-26)16(24-21(22)25-19)9-8-13-6-4-3-5-7-13/h2-7,10,17-18,20,27-29H,8-9,11-12H2,1H3,(H,33,34)(H2,30,31,32)/b14-2-/t17-,18-,20-/m1/s1. The number of aliphatic hydroxyl groups excluding tert-OH is 3. The monoisotopic (exact) mass is 576 g/mol. The van der Waals surface area contributed by atoms with Crippen LogP contribution in [0.2, 0.25) is 5.28 Å². The minimum Gasteiger partial charge on any atom is -0.386 e. The molecule has 202 valence electrons. The first-order valence-electron chi connectivity index (χ1n) is 10.9. The third-order valence-corrected chi connectivity index (χ3v) is 9.03. The first-order chi connectivity index (χ1) is 17.3. The van der Waals surface area contributed by atoms with Crippen LogP contribution in [0.5, 0.6) is 0 Å². The van der Waals surface area contributed by atoms with Gasteiger partial charge in [-0.05, 0) is 42.5 Å². The van der Waals surface area contributed by atoms with Gasteiger partial charge >= 0.3 is 15.2 Å². The van der Waals surface area contributed by atoms with E-state index in [1.54, 1.807) is 0 Å². The van der Waals surface area contributed by atoms with Crippen molar-refractivity contribution in [1.29, 1.82) is 0 Å². The van der Waals surface area contributed by atoms with Gasteiger partial charge in [0, 0.05) is 0 Å². The highest BCUT2D eigenvalue weighted by atomic mass is 35.5. The summed E-state index contributed by atoms with van der Waals surface area (Å²) in [5, 5.41) is 36.4. The quantitative estimate of drug-likeness (QED) is 0.103. The van der Waals surface area contributed by atoms with Gasteiger partial charge in [0.25, 0.3) is 0 Å². The van der Waals surface area contributed by atoms with Crippen LogP contribution in [0.3, 0.4) is 0 Å². The molecule has 16 heteroatoms. The fourth-order valence-electron chi connectivity index (χ4n) is 3.56. The average Bonchev–Trinajstić information content (AvgIpc) is 3.24. The van der Waals surface area contributed by atoms with Crippen molar-refractivity contribution in [1.82, 2.24) is 19.7 Å². The smallest absolute Gasteiger partial charge is 0.340 e. The fraction of sp³-hybridized carbons (Fsp3) is 0.381. The maximum absolute atomic E-state index is 11.9. The summed E-state index contributed by atoms with van der Waals surface area (Å²) in [6.45, 7) is 0.689. The lowest BCUT2D eigenvalue weighted by atomic mass is 10.0. The summed E-state index contributed by atoms with van der Waals surface area (Å²) in [6.07, 6.45) is -1.72. The molecule has 0 radical (unpaired) electrons. The van der Waals surface area contributed by atoms with E-state index in [2.05, 4.69) is 15.1 Å². The van der Waals surface area contributed by atoms with Crippen LogP contribution in [0.1, 0.15) is 24.4 Å². The summed E-state index contributed by atoms with van der Waals surface area (Å²) in [5.41, 5.74) is 1.63. The molecule has 0 aliphatic heterocycles. The van der Waals surface area contributed by atoms with Gasteiger partial charge in [-0.2, -0.15) is 10.1 Å². The van der Waals surface area contributed by atoms with Gasteiger partial charge in [-0.15, -0.1) is 0 Å². The van der Waals surface area contributed by atoms with Crippen molar-refractivity contribution in [2.24, 2.45) is 0 Å². The van der Waals surface area contributed by atoms with Gasteiger partial charge in [-0.3, -0.25) is 9.13 Å². The zero-order chi connectivity index (χ0) is 27.4. The highest BCUT2D eigenvalue weighted by Gasteiger charge is 2.34. The molecule has 0 bridgehead atoms. The zero-order valence-electron chi connectivity index (χ0n) is 19.6. The number of rotatable bonds is 12. The minimum absolute atomic E-state index is 0.106. The molecule has 0 saturated carbocycles. The molecule has 2 aromatic heterocycles. The van der Waals surface area contributed by atoms with Gasteiger partial charge in [0.1, 0.15) is 12.2 Å². The number of benzene rings is 1. The van der Waals surface area contributed by atoms with Crippen LogP contribution < -0.4 is 0 Å². The van der Waals surface area contributed by atoms with Crippen LogP contribution >= 0.6 is 26.8 Å². The molecule has 1 aromatic carbocycles. The molecule has 37 heavy (non-hydrogen) atoms. The van der Waals surface area contributed by atoms with E-state index in [0.29, 0.717) is 23.9 Å². The number of hydrogen-bond donors (Lipinski definition) is 6. The third-order valence-electron chi connectivity index (χ3n) is 5.42. The maximum atomic E-state index is 11.9. The van der Waals surface area contributed by atoms with Crippen molar-refractivity contribution in [2.45, 2.75) is 38.2 Å². The number of aryl methyl sites for hydroxylation is 2. The Morgan fingerprint density at radius 1 is 1.11 bits per heavy atom. The minimum atomic E-state index is -4.85. The van der Waals surface area contributed by atoms with E-state index < -0.39 is 46.1 Å². The second-order valence-corrected chi connectivity index (χ2v) is 12.5. The molecule has 0 amide bonds. The van der Waals surface area contributed by atoms with Gasteiger partial charge in [0.15, 0.2) is 17.8 Å². The van der Waals surface area contributed by atoms with Crippen molar-refractivity contribution >= 4 is 37.8 Å². The second kappa shape index (κ2) is 12.2. The Bertz CT molecular complexity index is 1350. The van der Waals surface area contributed by atoms with Crippen molar-refractivity contribution in [2.75, 3.05) is 12.5 Å². The molecular formula is C21H27ClN4O9P2. The normalized spacial score (nSPS) is 16.9. The van der Waals surface area contributed by atoms with Gasteiger partial charge in [0.2, 0.25) is 5.28 Å². The van der Waals surface area contributed by atoms with E-state index in [-0.39, 0.29) is 16.5 Å². The molecule has 0 saturated heterocycles. The largest absolute Gasteiger partial charge is 0.386 e. The first kappa shape index (κ1) is 29.5. The van der Waals surface area contributed by atoms with Crippen LogP contribution in [-0.4, -0.2) is 74.5 Å². The SMILES string of the molecule is C/C=C(/COP(=O)(O)CP(=O)(O)O)[C@@H](O)[C@@H](O)[C@@H](O)n1ncc2c(CCc3ccccc3)nc(Cl)nc21. The van der Waals surface area contributed by atoms with E-state index in [4.69, 9.17) is 25.9 Å². The van der Waals surface area contributed by atoms with Crippen LogP contribution in [0, 0.1) is 0 Å². The Morgan fingerprint density at radius 2 is 1.78 bits per heavy atom. The Labute approximate surface area is 216 Å². The number of aromatic nitrogens is 4. The Balaban J connectivity index is 1.77. The molecule has 0 fully saturated rings. The van der Waals surface area contributed by atoms with E-state index in [1.165, 1.54) is 19.2 Å². The summed E-state index contributed by atoms with van der Waals surface area (Å²) in [6, 6.07) is 9.68. The van der Waals surface area contributed by atoms with Gasteiger partial charge in [0.05, 0.1) is 23.9 Å². The predicted molar refractivity (Wildman–Crippen MR) is 134 cm³/mol. The number of fused-ring (bicyclic) bond motifs is 1. The van der Waals surface area contributed by atoms with Crippen LogP contribution in [0.25, 0.3) is 11.0 Å². The average molecular weight is 577 g/mol. The third kappa shape index (κ3) is 7.98. The molecular weight excluding hydrogens is 550 g/mol. The van der Waals surface area contributed by atoms with Crippen molar-refractivity contribution in [3.05, 3.63) is 64.7 Å². The molecule has 6 N–H and O–H groups in total. The summed E-state index contributed by atoms with van der Waals surface area (Å²) in [4.78, 5) is 35.8. The van der Waals surface area contributed by atoms with Gasteiger partial charge < -0.3 is 34.5 Å². The Hall–Kier alpha value is -2.02. The lowest BCUT2D eigenvalue weighted by Crippen LogP contribution is -2.37. The molecule has 4 atom stereocenters. The topological polar surface area (TPSA) is 208 Å². The molecule has 0 aliphatic carbocycles. The summed E-state index contributed by atoms with van der Waals surface area (Å²) < 4.78 is 28.6. The first-order valence-corrected chi connectivity index (χ1v) is 14.9. The van der Waals surface area contributed by atoms with Crippen molar-refractivity contribution in [3.8, 4) is 0 Å². The van der Waals surface area contributed by atoms with Crippen LogP contribution in [0.4, 0.5) is 0 Å². The maximum Gasteiger partial charge on any atom is 0.340 e. The number of halogens is 1. The lowest BCUT2D eigenvalue weighted by molar-refractivity contribution is -0.0845. The fourth-order valence-corrected chi connectivity index (χ4v) is 6.28. The summed E-state index contributed by atoms with van der Waals surface area (Å²) >= 11 is 6.10. The molecule has 13 nitrogen and oxygen atoms in total. The highest BCUT2D eigenvalue weighted by Crippen LogP contribution is 2.55. The van der Waals surface area contributed by atoms with Crippen LogP contribution in [0.15, 0.2) is 48.2 Å².